The molecule has 252 valence electrons. The summed E-state index contributed by atoms with van der Waals surface area (Å²) < 4.78 is 6.70. The highest BCUT2D eigenvalue weighted by Gasteiger charge is 2.22. The summed E-state index contributed by atoms with van der Waals surface area (Å²) in [6, 6.07) is 72.2. The number of fused-ring (bicyclic) bond motifs is 8. The maximum Gasteiger partial charge on any atom is 0.159 e. The van der Waals surface area contributed by atoms with Gasteiger partial charge in [0.15, 0.2) is 5.58 Å². The molecular formula is C52H33NO. The van der Waals surface area contributed by atoms with Crippen LogP contribution in [0.25, 0.3) is 87.3 Å². The van der Waals surface area contributed by atoms with Crippen molar-refractivity contribution in [3.63, 3.8) is 0 Å². The van der Waals surface area contributed by atoms with E-state index < -0.39 is 0 Å². The molecule has 1 aromatic heterocycles. The van der Waals surface area contributed by atoms with E-state index in [0.29, 0.717) is 0 Å². The van der Waals surface area contributed by atoms with E-state index in [-0.39, 0.29) is 0 Å². The van der Waals surface area contributed by atoms with E-state index in [1.54, 1.807) is 0 Å². The van der Waals surface area contributed by atoms with Gasteiger partial charge >= 0.3 is 0 Å². The lowest BCUT2D eigenvalue weighted by atomic mass is 9.92. The normalized spacial score (nSPS) is 11.7. The summed E-state index contributed by atoms with van der Waals surface area (Å²) in [7, 11) is 0. The van der Waals surface area contributed by atoms with E-state index >= 15 is 0 Å². The molecule has 0 aliphatic rings. The van der Waals surface area contributed by atoms with E-state index in [1.165, 1.54) is 65.3 Å². The van der Waals surface area contributed by atoms with Gasteiger partial charge in [-0.3, -0.25) is 0 Å². The maximum absolute atomic E-state index is 6.70. The second-order valence-electron chi connectivity index (χ2n) is 14.0. The van der Waals surface area contributed by atoms with Gasteiger partial charge in [-0.1, -0.05) is 164 Å². The van der Waals surface area contributed by atoms with Crippen LogP contribution in [0.3, 0.4) is 0 Å². The van der Waals surface area contributed by atoms with Gasteiger partial charge in [0, 0.05) is 21.8 Å². The smallest absolute Gasteiger partial charge is 0.159 e. The summed E-state index contributed by atoms with van der Waals surface area (Å²) in [6.45, 7) is 0. The van der Waals surface area contributed by atoms with Crippen molar-refractivity contribution in [2.45, 2.75) is 0 Å². The van der Waals surface area contributed by atoms with Gasteiger partial charge in [0.2, 0.25) is 0 Å². The number of anilines is 3. The van der Waals surface area contributed by atoms with Crippen molar-refractivity contribution in [3.05, 3.63) is 200 Å². The Morgan fingerprint density at radius 3 is 1.70 bits per heavy atom. The Morgan fingerprint density at radius 2 is 0.889 bits per heavy atom. The molecule has 0 saturated carbocycles. The summed E-state index contributed by atoms with van der Waals surface area (Å²) in [5.74, 6) is 0. The van der Waals surface area contributed by atoms with Crippen molar-refractivity contribution < 1.29 is 4.42 Å². The van der Waals surface area contributed by atoms with Gasteiger partial charge in [0.1, 0.15) is 5.58 Å². The van der Waals surface area contributed by atoms with Crippen molar-refractivity contribution in [1.29, 1.82) is 0 Å². The Morgan fingerprint density at radius 1 is 0.315 bits per heavy atom. The summed E-state index contributed by atoms with van der Waals surface area (Å²) in [5, 5.41) is 12.1. The first-order valence-electron chi connectivity index (χ1n) is 18.5. The van der Waals surface area contributed by atoms with Crippen LogP contribution in [0.15, 0.2) is 205 Å². The molecule has 0 aliphatic carbocycles. The predicted octanol–water partition coefficient (Wildman–Crippen LogP) is 15.0. The Bertz CT molecular complexity index is 3220. The molecule has 0 amide bonds. The van der Waals surface area contributed by atoms with Crippen LogP contribution in [0.4, 0.5) is 17.1 Å². The molecule has 0 radical (unpaired) electrons. The predicted molar refractivity (Wildman–Crippen MR) is 229 cm³/mol. The van der Waals surface area contributed by atoms with Crippen LogP contribution in [0.1, 0.15) is 0 Å². The van der Waals surface area contributed by atoms with E-state index in [0.717, 1.165) is 39.0 Å². The molecular weight excluding hydrogens is 655 g/mol. The Hall–Kier alpha value is -7.16. The summed E-state index contributed by atoms with van der Waals surface area (Å²) in [6.07, 6.45) is 0. The molecule has 1 heterocycles. The molecule has 0 aliphatic heterocycles. The minimum absolute atomic E-state index is 0.866. The molecule has 2 heteroatoms. The molecule has 0 saturated heterocycles. The van der Waals surface area contributed by atoms with Gasteiger partial charge in [-0.2, -0.15) is 0 Å². The fourth-order valence-electron chi connectivity index (χ4n) is 8.57. The Balaban J connectivity index is 1.14. The van der Waals surface area contributed by atoms with Crippen LogP contribution in [-0.2, 0) is 0 Å². The van der Waals surface area contributed by atoms with Gasteiger partial charge in [0.25, 0.3) is 0 Å². The number of para-hydroxylation sites is 2. The highest BCUT2D eigenvalue weighted by molar-refractivity contribution is 6.15. The summed E-state index contributed by atoms with van der Waals surface area (Å²) in [4.78, 5) is 2.38. The minimum atomic E-state index is 0.866. The van der Waals surface area contributed by atoms with Crippen LogP contribution < -0.4 is 4.90 Å². The average molecular weight is 688 g/mol. The van der Waals surface area contributed by atoms with Crippen LogP contribution in [0.2, 0.25) is 0 Å². The van der Waals surface area contributed by atoms with Gasteiger partial charge in [-0.05, 0) is 96.4 Å². The molecule has 10 aromatic carbocycles. The van der Waals surface area contributed by atoms with Gasteiger partial charge in [-0.25, -0.2) is 0 Å². The van der Waals surface area contributed by atoms with Gasteiger partial charge < -0.3 is 9.32 Å². The second kappa shape index (κ2) is 12.2. The van der Waals surface area contributed by atoms with Gasteiger partial charge in [-0.15, -0.1) is 0 Å². The van der Waals surface area contributed by atoms with Crippen molar-refractivity contribution in [1.82, 2.24) is 0 Å². The molecule has 0 spiro atoms. The lowest BCUT2D eigenvalue weighted by Gasteiger charge is -2.28. The van der Waals surface area contributed by atoms with Crippen LogP contribution >= 0.6 is 0 Å². The van der Waals surface area contributed by atoms with Crippen molar-refractivity contribution in [2.75, 3.05) is 4.90 Å². The third kappa shape index (κ3) is 4.74. The summed E-state index contributed by atoms with van der Waals surface area (Å²) >= 11 is 0. The maximum atomic E-state index is 6.70. The molecule has 0 fully saturated rings. The standard InChI is InChI=1S/C52H33NO/c1-3-16-38-34(13-1)15-11-23-41(38)44-31-32-49(45-21-8-7-19-42(44)45)53(50-25-12-24-47-46-22-9-10-26-51(46)54-52(47)50)37-29-27-35(28-30-37)48-33-36-14-2-4-17-39(36)40-18-5-6-20-43(40)48/h1-33H. The van der Waals surface area contributed by atoms with E-state index in [2.05, 4.69) is 199 Å². The third-order valence-electron chi connectivity index (χ3n) is 11.1. The van der Waals surface area contributed by atoms with Crippen molar-refractivity contribution in [3.8, 4) is 22.3 Å². The number of rotatable bonds is 5. The second-order valence-corrected chi connectivity index (χ2v) is 14.0. The fourth-order valence-corrected chi connectivity index (χ4v) is 8.57. The first-order valence-corrected chi connectivity index (χ1v) is 18.5. The topological polar surface area (TPSA) is 16.4 Å². The molecule has 0 N–H and O–H groups in total. The Labute approximate surface area is 312 Å². The lowest BCUT2D eigenvalue weighted by molar-refractivity contribution is 0.669. The lowest BCUT2D eigenvalue weighted by Crippen LogP contribution is -2.11. The molecule has 0 atom stereocenters. The highest BCUT2D eigenvalue weighted by Crippen LogP contribution is 2.47. The largest absolute Gasteiger partial charge is 0.454 e. The van der Waals surface area contributed by atoms with Crippen LogP contribution in [0.5, 0.6) is 0 Å². The number of hydrogen-bond acceptors (Lipinski definition) is 2. The molecule has 0 bridgehead atoms. The monoisotopic (exact) mass is 687 g/mol. The van der Waals surface area contributed by atoms with E-state index in [4.69, 9.17) is 4.42 Å². The molecule has 11 aromatic rings. The third-order valence-corrected chi connectivity index (χ3v) is 11.1. The number of benzene rings is 10. The molecule has 11 rings (SSSR count). The number of furan rings is 1. The average Bonchev–Trinajstić information content (AvgIpc) is 3.63. The SMILES string of the molecule is c1ccc2c(-c3ccc(N(c4ccc(-c5cc6ccccc6c6ccccc56)cc4)c4cccc5c4oc4ccccc45)c4ccccc34)cccc2c1. The van der Waals surface area contributed by atoms with Crippen molar-refractivity contribution in [2.24, 2.45) is 0 Å². The van der Waals surface area contributed by atoms with E-state index in [1.807, 2.05) is 6.07 Å². The first-order chi connectivity index (χ1) is 26.8. The molecule has 0 unspecified atom stereocenters. The van der Waals surface area contributed by atoms with Crippen molar-refractivity contribution >= 4 is 82.1 Å². The zero-order valence-corrected chi connectivity index (χ0v) is 29.4. The van der Waals surface area contributed by atoms with Crippen LogP contribution in [0, 0.1) is 0 Å². The molecule has 54 heavy (non-hydrogen) atoms. The van der Waals surface area contributed by atoms with Crippen LogP contribution in [-0.4, -0.2) is 0 Å². The quantitative estimate of drug-likeness (QED) is 0.168. The fraction of sp³-hybridized carbons (Fsp3) is 0. The number of nitrogens with zero attached hydrogens (tertiary/aromatic N) is 1. The molecule has 2 nitrogen and oxygen atoms in total. The minimum Gasteiger partial charge on any atom is -0.454 e. The van der Waals surface area contributed by atoms with Gasteiger partial charge in [0.05, 0.1) is 11.4 Å². The highest BCUT2D eigenvalue weighted by atomic mass is 16.3. The zero-order valence-electron chi connectivity index (χ0n) is 29.4. The number of hydrogen-bond donors (Lipinski definition) is 0. The first kappa shape index (κ1) is 30.5. The summed E-state index contributed by atoms with van der Waals surface area (Å²) in [5.41, 5.74) is 9.74. The Kier molecular flexibility index (Phi) is 6.90. The van der Waals surface area contributed by atoms with E-state index in [9.17, 15) is 0 Å². The zero-order chi connectivity index (χ0) is 35.6.